The van der Waals surface area contributed by atoms with E-state index < -0.39 is 5.91 Å². The fourth-order valence-electron chi connectivity index (χ4n) is 1.89. The number of halogens is 2. The molecule has 0 aliphatic heterocycles. The number of aromatic nitrogens is 1. The molecule has 0 spiro atoms. The van der Waals surface area contributed by atoms with Gasteiger partial charge in [-0.3, -0.25) is 9.59 Å². The summed E-state index contributed by atoms with van der Waals surface area (Å²) in [6.45, 7) is 3.72. The number of rotatable bonds is 4. The molecule has 120 valence electrons. The van der Waals surface area contributed by atoms with Crippen molar-refractivity contribution in [3.8, 4) is 0 Å². The second kappa shape index (κ2) is 7.44. The Morgan fingerprint density at radius 1 is 1.22 bits per heavy atom. The standard InChI is InChI=1S/C16H15Cl2N3O2/c1-9-4-3-5-13(10(9)2)21-14(22)8-20-16(23)11-6-12(17)15(18)19-7-11/h3-7H,8H2,1-2H3,(H,20,23)(H,21,22). The fourth-order valence-corrected chi connectivity index (χ4v) is 2.16. The van der Waals surface area contributed by atoms with E-state index >= 15 is 0 Å². The van der Waals surface area contributed by atoms with E-state index in [-0.39, 0.29) is 28.2 Å². The average molecular weight is 352 g/mol. The van der Waals surface area contributed by atoms with Crippen LogP contribution in [0.15, 0.2) is 30.5 Å². The first-order chi connectivity index (χ1) is 10.9. The molecule has 0 saturated carbocycles. The summed E-state index contributed by atoms with van der Waals surface area (Å²) >= 11 is 11.5. The van der Waals surface area contributed by atoms with Gasteiger partial charge in [-0.2, -0.15) is 0 Å². The van der Waals surface area contributed by atoms with E-state index in [9.17, 15) is 9.59 Å². The van der Waals surface area contributed by atoms with E-state index in [2.05, 4.69) is 15.6 Å². The molecule has 1 heterocycles. The number of hydrogen-bond acceptors (Lipinski definition) is 3. The quantitative estimate of drug-likeness (QED) is 0.829. The predicted molar refractivity (Wildman–Crippen MR) is 91.1 cm³/mol. The van der Waals surface area contributed by atoms with Gasteiger partial charge in [0.05, 0.1) is 17.1 Å². The molecule has 1 aromatic heterocycles. The molecule has 0 aliphatic carbocycles. The fraction of sp³-hybridized carbons (Fsp3) is 0.188. The first-order valence-corrected chi connectivity index (χ1v) is 7.59. The lowest BCUT2D eigenvalue weighted by molar-refractivity contribution is -0.115. The number of carbonyl (C=O) groups is 2. The average Bonchev–Trinajstić information content (AvgIpc) is 2.52. The Labute approximate surface area is 144 Å². The smallest absolute Gasteiger partial charge is 0.253 e. The lowest BCUT2D eigenvalue weighted by Gasteiger charge is -2.11. The van der Waals surface area contributed by atoms with Crippen molar-refractivity contribution in [2.45, 2.75) is 13.8 Å². The van der Waals surface area contributed by atoms with Gasteiger partial charge in [0.2, 0.25) is 5.91 Å². The number of benzene rings is 1. The minimum absolute atomic E-state index is 0.121. The van der Waals surface area contributed by atoms with E-state index in [1.165, 1.54) is 12.3 Å². The van der Waals surface area contributed by atoms with Crippen molar-refractivity contribution in [3.63, 3.8) is 0 Å². The maximum atomic E-state index is 12.0. The SMILES string of the molecule is Cc1cccc(NC(=O)CNC(=O)c2cnc(Cl)c(Cl)c2)c1C. The minimum Gasteiger partial charge on any atom is -0.343 e. The van der Waals surface area contributed by atoms with Crippen LogP contribution in [0.3, 0.4) is 0 Å². The molecule has 1 aromatic carbocycles. The molecule has 2 amide bonds. The van der Waals surface area contributed by atoms with Gasteiger partial charge in [0.1, 0.15) is 5.15 Å². The van der Waals surface area contributed by atoms with Crippen molar-refractivity contribution < 1.29 is 9.59 Å². The highest BCUT2D eigenvalue weighted by atomic mass is 35.5. The second-order valence-electron chi connectivity index (χ2n) is 4.97. The number of nitrogens with one attached hydrogen (secondary N) is 2. The highest BCUT2D eigenvalue weighted by Gasteiger charge is 2.11. The summed E-state index contributed by atoms with van der Waals surface area (Å²) in [7, 11) is 0. The Bertz CT molecular complexity index is 763. The summed E-state index contributed by atoms with van der Waals surface area (Å²) in [5.41, 5.74) is 3.02. The van der Waals surface area contributed by atoms with Gasteiger partial charge in [0.25, 0.3) is 5.91 Å². The third-order valence-electron chi connectivity index (χ3n) is 3.35. The van der Waals surface area contributed by atoms with Crippen LogP contribution in [0, 0.1) is 13.8 Å². The van der Waals surface area contributed by atoms with Crippen molar-refractivity contribution in [2.24, 2.45) is 0 Å². The van der Waals surface area contributed by atoms with Crippen LogP contribution in [0.5, 0.6) is 0 Å². The van der Waals surface area contributed by atoms with Crippen LogP contribution in [-0.2, 0) is 4.79 Å². The first-order valence-electron chi connectivity index (χ1n) is 6.84. The largest absolute Gasteiger partial charge is 0.343 e. The molecule has 2 N–H and O–H groups in total. The molecule has 0 bridgehead atoms. The summed E-state index contributed by atoms with van der Waals surface area (Å²) in [4.78, 5) is 27.7. The molecule has 23 heavy (non-hydrogen) atoms. The zero-order valence-corrected chi connectivity index (χ0v) is 14.1. The third-order valence-corrected chi connectivity index (χ3v) is 4.03. The zero-order chi connectivity index (χ0) is 17.0. The van der Waals surface area contributed by atoms with E-state index in [0.29, 0.717) is 0 Å². The molecule has 0 fully saturated rings. The molecule has 0 aliphatic rings. The van der Waals surface area contributed by atoms with E-state index in [0.717, 1.165) is 16.8 Å². The van der Waals surface area contributed by atoms with E-state index in [1.807, 2.05) is 32.0 Å². The zero-order valence-electron chi connectivity index (χ0n) is 12.6. The third kappa shape index (κ3) is 4.43. The van der Waals surface area contributed by atoms with E-state index in [1.54, 1.807) is 0 Å². The monoisotopic (exact) mass is 351 g/mol. The molecular weight excluding hydrogens is 337 g/mol. The lowest BCUT2D eigenvalue weighted by atomic mass is 10.1. The van der Waals surface area contributed by atoms with Gasteiger partial charge in [-0.25, -0.2) is 4.98 Å². The van der Waals surface area contributed by atoms with Gasteiger partial charge < -0.3 is 10.6 Å². The molecule has 0 saturated heterocycles. The van der Waals surface area contributed by atoms with Gasteiger partial charge in [-0.05, 0) is 37.1 Å². The summed E-state index contributed by atoms with van der Waals surface area (Å²) in [5, 5.41) is 5.57. The molecule has 2 aromatic rings. The van der Waals surface area contributed by atoms with Crippen molar-refractivity contribution in [1.82, 2.24) is 10.3 Å². The van der Waals surface area contributed by atoms with Gasteiger partial charge in [-0.1, -0.05) is 35.3 Å². The second-order valence-corrected chi connectivity index (χ2v) is 5.74. The number of aryl methyl sites for hydroxylation is 1. The number of pyridine rings is 1. The van der Waals surface area contributed by atoms with Crippen molar-refractivity contribution in [2.75, 3.05) is 11.9 Å². The maximum Gasteiger partial charge on any atom is 0.253 e. The van der Waals surface area contributed by atoms with E-state index in [4.69, 9.17) is 23.2 Å². The molecular formula is C16H15Cl2N3O2. The number of amides is 2. The number of hydrogen-bond donors (Lipinski definition) is 2. The molecule has 0 radical (unpaired) electrons. The van der Waals surface area contributed by atoms with Gasteiger partial charge >= 0.3 is 0 Å². The molecule has 5 nitrogen and oxygen atoms in total. The first kappa shape index (κ1) is 17.2. The molecule has 7 heteroatoms. The number of anilines is 1. The topological polar surface area (TPSA) is 71.1 Å². The summed E-state index contributed by atoms with van der Waals surface area (Å²) < 4.78 is 0. The highest BCUT2D eigenvalue weighted by Crippen LogP contribution is 2.20. The van der Waals surface area contributed by atoms with Crippen LogP contribution in [0.2, 0.25) is 10.2 Å². The summed E-state index contributed by atoms with van der Waals surface area (Å²) in [5.74, 6) is -0.771. The molecule has 0 atom stereocenters. The van der Waals surface area contributed by atoms with Crippen LogP contribution in [0.25, 0.3) is 0 Å². The van der Waals surface area contributed by atoms with Gasteiger partial charge in [-0.15, -0.1) is 0 Å². The summed E-state index contributed by atoms with van der Waals surface area (Å²) in [6, 6.07) is 7.03. The van der Waals surface area contributed by atoms with Crippen LogP contribution >= 0.6 is 23.2 Å². The maximum absolute atomic E-state index is 12.0. The van der Waals surface area contributed by atoms with Crippen molar-refractivity contribution >= 4 is 40.7 Å². The predicted octanol–water partition coefficient (Wildman–Crippen LogP) is 3.37. The van der Waals surface area contributed by atoms with Crippen molar-refractivity contribution in [3.05, 3.63) is 57.3 Å². The van der Waals surface area contributed by atoms with Gasteiger partial charge in [0.15, 0.2) is 0 Å². The Balaban J connectivity index is 1.94. The number of carbonyl (C=O) groups excluding carboxylic acids is 2. The van der Waals surface area contributed by atoms with Crippen LogP contribution in [0.4, 0.5) is 5.69 Å². The normalized spacial score (nSPS) is 10.3. The molecule has 0 unspecified atom stereocenters. The molecule has 2 rings (SSSR count). The van der Waals surface area contributed by atoms with Crippen molar-refractivity contribution in [1.29, 1.82) is 0 Å². The Kier molecular flexibility index (Phi) is 5.58. The Morgan fingerprint density at radius 2 is 1.96 bits per heavy atom. The highest BCUT2D eigenvalue weighted by molar-refractivity contribution is 6.41. The van der Waals surface area contributed by atoms with Crippen LogP contribution < -0.4 is 10.6 Å². The Hall–Kier alpha value is -2.11. The summed E-state index contributed by atoms with van der Waals surface area (Å²) in [6.07, 6.45) is 1.30. The van der Waals surface area contributed by atoms with Gasteiger partial charge in [0, 0.05) is 11.9 Å². The van der Waals surface area contributed by atoms with Crippen LogP contribution in [0.1, 0.15) is 21.5 Å². The Morgan fingerprint density at radius 3 is 2.65 bits per heavy atom. The minimum atomic E-state index is -0.452. The van der Waals surface area contributed by atoms with Crippen LogP contribution in [-0.4, -0.2) is 23.3 Å². The lowest BCUT2D eigenvalue weighted by Crippen LogP contribution is -2.33. The number of nitrogens with zero attached hydrogens (tertiary/aromatic N) is 1.